The van der Waals surface area contributed by atoms with Crippen LogP contribution in [0.15, 0.2) is 48.6 Å². The van der Waals surface area contributed by atoms with Crippen molar-refractivity contribution in [1.82, 2.24) is 5.32 Å². The van der Waals surface area contributed by atoms with E-state index in [-0.39, 0.29) is 18.9 Å². The van der Waals surface area contributed by atoms with Gasteiger partial charge in [0.25, 0.3) is 0 Å². The number of rotatable bonds is 58. The van der Waals surface area contributed by atoms with Gasteiger partial charge in [0.05, 0.1) is 38.6 Å². The van der Waals surface area contributed by atoms with E-state index in [4.69, 9.17) is 28.4 Å². The van der Waals surface area contributed by atoms with Crippen molar-refractivity contribution in [2.45, 2.75) is 388 Å². The molecule has 3 fully saturated rings. The second-order valence-electron chi connectivity index (χ2n) is 26.7. The van der Waals surface area contributed by atoms with Crippen LogP contribution in [0.1, 0.15) is 284 Å². The first-order valence-corrected chi connectivity index (χ1v) is 37.4. The van der Waals surface area contributed by atoms with Gasteiger partial charge in [-0.3, -0.25) is 4.79 Å². The number of amides is 1. The van der Waals surface area contributed by atoms with Gasteiger partial charge in [0.15, 0.2) is 18.9 Å². The number of hydrogen-bond acceptors (Lipinski definition) is 18. The molecule has 3 aliphatic rings. The number of carbonyl (C=O) groups excluding carboxylic acids is 1. The Bertz CT molecular complexity index is 1870. The normalized spacial score (nSPS) is 27.8. The number of carbonyl (C=O) groups is 1. The van der Waals surface area contributed by atoms with Gasteiger partial charge in [-0.05, 0) is 64.2 Å². The van der Waals surface area contributed by atoms with Crippen LogP contribution in [-0.4, -0.2) is 193 Å². The number of aliphatic hydroxyl groups is 11. The largest absolute Gasteiger partial charge is 0.394 e. The number of ether oxygens (including phenoxy) is 6. The molecule has 0 aromatic heterocycles. The third-order valence-electron chi connectivity index (χ3n) is 18.6. The first kappa shape index (κ1) is 85.0. The predicted octanol–water partition coefficient (Wildman–Crippen LogP) is 10.9. The molecule has 544 valence electrons. The minimum atomic E-state index is -1.98. The average molecular weight is 1330 g/mol. The Kier molecular flexibility index (Phi) is 50.8. The maximum absolute atomic E-state index is 13.4. The van der Waals surface area contributed by atoms with E-state index in [1.54, 1.807) is 6.08 Å². The summed E-state index contributed by atoms with van der Waals surface area (Å²) >= 11 is 0. The van der Waals surface area contributed by atoms with E-state index < -0.39 is 124 Å². The molecule has 3 saturated heterocycles. The van der Waals surface area contributed by atoms with Crippen molar-refractivity contribution < 1.29 is 89.4 Å². The summed E-state index contributed by atoms with van der Waals surface area (Å²) in [6.45, 7) is 1.73. The van der Waals surface area contributed by atoms with Crippen LogP contribution in [0.3, 0.4) is 0 Å². The standard InChI is InChI=1S/C74H135NO18/c1-3-5-7-9-11-13-15-17-19-21-23-24-25-26-27-28-29-30-31-32-34-36-38-40-42-44-46-48-50-52-62(80)75-57(58(79)51-49-47-45-43-41-39-37-35-33-22-20-18-16-14-12-10-8-6-4-2)56-88-72-68(86)65(83)70(60(54-77)90-72)93-74-69(87)66(84)71(61(55-78)91-74)92-73-67(85)64(82)63(81)59(53-76)89-73/h15,17,21,23,41,43,49,51,57-61,63-74,76-79,81-87H,3-14,16,18-20,22,24-40,42,44-48,50,52-56H2,1-2H3,(H,75,80)/b17-15-,23-21-,43-41+,51-49+. The zero-order chi connectivity index (χ0) is 67.5. The zero-order valence-electron chi connectivity index (χ0n) is 57.7. The molecular weight excluding hydrogens is 1190 g/mol. The Morgan fingerprint density at radius 1 is 0.387 bits per heavy atom. The van der Waals surface area contributed by atoms with E-state index in [2.05, 4.69) is 55.6 Å². The summed E-state index contributed by atoms with van der Waals surface area (Å²) in [4.78, 5) is 13.4. The van der Waals surface area contributed by atoms with Crippen molar-refractivity contribution in [3.05, 3.63) is 48.6 Å². The fourth-order valence-electron chi connectivity index (χ4n) is 12.5. The van der Waals surface area contributed by atoms with Gasteiger partial charge in [-0.2, -0.15) is 0 Å². The number of unbranched alkanes of at least 4 members (excludes halogenated alkanes) is 36. The lowest BCUT2D eigenvalue weighted by molar-refractivity contribution is -0.379. The van der Waals surface area contributed by atoms with E-state index in [1.807, 2.05) is 6.08 Å². The van der Waals surface area contributed by atoms with Crippen LogP contribution in [-0.2, 0) is 33.2 Å². The van der Waals surface area contributed by atoms with E-state index in [9.17, 15) is 61.0 Å². The highest BCUT2D eigenvalue weighted by Gasteiger charge is 2.53. The van der Waals surface area contributed by atoms with Crippen LogP contribution in [0, 0.1) is 0 Å². The summed E-state index contributed by atoms with van der Waals surface area (Å²) in [5.74, 6) is -0.282. The average Bonchev–Trinajstić information content (AvgIpc) is 1.00. The van der Waals surface area contributed by atoms with Gasteiger partial charge in [-0.1, -0.05) is 262 Å². The molecule has 93 heavy (non-hydrogen) atoms. The van der Waals surface area contributed by atoms with Crippen molar-refractivity contribution in [2.24, 2.45) is 0 Å². The Morgan fingerprint density at radius 3 is 1.14 bits per heavy atom. The topological polar surface area (TPSA) is 307 Å². The molecule has 17 atom stereocenters. The maximum atomic E-state index is 13.4. The van der Waals surface area contributed by atoms with Crippen molar-refractivity contribution in [3.63, 3.8) is 0 Å². The van der Waals surface area contributed by atoms with Crippen molar-refractivity contribution in [3.8, 4) is 0 Å². The minimum absolute atomic E-state index is 0.237. The Labute approximate surface area is 561 Å². The van der Waals surface area contributed by atoms with E-state index >= 15 is 0 Å². The monoisotopic (exact) mass is 1330 g/mol. The van der Waals surface area contributed by atoms with Crippen molar-refractivity contribution in [1.29, 1.82) is 0 Å². The molecule has 0 bridgehead atoms. The lowest BCUT2D eigenvalue weighted by Crippen LogP contribution is -2.66. The molecule has 0 aromatic rings. The second kappa shape index (κ2) is 55.6. The molecule has 0 aliphatic carbocycles. The number of nitrogens with one attached hydrogen (secondary N) is 1. The van der Waals surface area contributed by atoms with E-state index in [0.717, 1.165) is 44.9 Å². The van der Waals surface area contributed by atoms with Crippen LogP contribution in [0.2, 0.25) is 0 Å². The van der Waals surface area contributed by atoms with Crippen molar-refractivity contribution >= 4 is 5.91 Å². The summed E-state index contributed by atoms with van der Waals surface area (Å²) in [6.07, 6.45) is 40.9. The van der Waals surface area contributed by atoms with Gasteiger partial charge in [0, 0.05) is 6.42 Å². The second-order valence-corrected chi connectivity index (χ2v) is 26.7. The first-order valence-electron chi connectivity index (χ1n) is 37.4. The molecule has 0 saturated carbocycles. The molecule has 0 spiro atoms. The molecule has 1 amide bonds. The number of aliphatic hydroxyl groups excluding tert-OH is 11. The van der Waals surface area contributed by atoms with Crippen LogP contribution in [0.5, 0.6) is 0 Å². The highest BCUT2D eigenvalue weighted by Crippen LogP contribution is 2.33. The van der Waals surface area contributed by atoms with Gasteiger partial charge in [0.1, 0.15) is 73.2 Å². The Balaban J connectivity index is 1.40. The van der Waals surface area contributed by atoms with E-state index in [1.165, 1.54) is 205 Å². The van der Waals surface area contributed by atoms with Gasteiger partial charge in [0.2, 0.25) is 5.91 Å². The summed E-state index contributed by atoms with van der Waals surface area (Å²) in [6, 6.07) is -0.990. The molecule has 3 heterocycles. The molecule has 3 rings (SSSR count). The van der Waals surface area contributed by atoms with Gasteiger partial charge in [-0.15, -0.1) is 0 Å². The molecular formula is C74H135NO18. The number of hydrogen-bond donors (Lipinski definition) is 12. The fourth-order valence-corrected chi connectivity index (χ4v) is 12.5. The summed E-state index contributed by atoms with van der Waals surface area (Å²) in [5, 5.41) is 121. The van der Waals surface area contributed by atoms with E-state index in [0.29, 0.717) is 12.8 Å². The maximum Gasteiger partial charge on any atom is 0.220 e. The smallest absolute Gasteiger partial charge is 0.220 e. The van der Waals surface area contributed by atoms with Crippen LogP contribution in [0.4, 0.5) is 0 Å². The molecule has 12 N–H and O–H groups in total. The summed E-state index contributed by atoms with van der Waals surface area (Å²) in [7, 11) is 0. The molecule has 17 unspecified atom stereocenters. The van der Waals surface area contributed by atoms with Crippen molar-refractivity contribution in [2.75, 3.05) is 26.4 Å². The molecule has 0 aromatic carbocycles. The minimum Gasteiger partial charge on any atom is -0.394 e. The van der Waals surface area contributed by atoms with Crippen LogP contribution < -0.4 is 5.32 Å². The zero-order valence-corrected chi connectivity index (χ0v) is 57.7. The first-order chi connectivity index (χ1) is 45.3. The lowest BCUT2D eigenvalue weighted by Gasteiger charge is -2.48. The lowest BCUT2D eigenvalue weighted by atomic mass is 9.96. The molecule has 19 nitrogen and oxygen atoms in total. The van der Waals surface area contributed by atoms with Gasteiger partial charge in [-0.25, -0.2) is 0 Å². The fraction of sp³-hybridized carbons (Fsp3) is 0.878. The predicted molar refractivity (Wildman–Crippen MR) is 365 cm³/mol. The quantitative estimate of drug-likeness (QED) is 0.0199. The van der Waals surface area contributed by atoms with Gasteiger partial charge >= 0.3 is 0 Å². The molecule has 3 aliphatic heterocycles. The highest BCUT2D eigenvalue weighted by molar-refractivity contribution is 5.76. The third-order valence-corrected chi connectivity index (χ3v) is 18.6. The SMILES string of the molecule is CCCCCCC/C=C\C/C=C\CCCCCCCCCCCCCCCCCCCC(=O)NC(COC1OC(CO)C(OC2OC(CO)C(OC3OC(CO)C(O)C(O)C3O)C(O)C2O)C(O)C1O)C(O)/C=C/CC/C=C/CCCCCCCCCCCCCCC. The number of allylic oxidation sites excluding steroid dienone is 7. The Hall–Kier alpha value is -2.25. The highest BCUT2D eigenvalue weighted by atomic mass is 16.8. The summed E-state index contributed by atoms with van der Waals surface area (Å²) in [5.41, 5.74) is 0. The molecule has 0 radical (unpaired) electrons. The summed E-state index contributed by atoms with van der Waals surface area (Å²) < 4.78 is 34.4. The van der Waals surface area contributed by atoms with Crippen LogP contribution >= 0.6 is 0 Å². The third kappa shape index (κ3) is 37.0. The molecule has 19 heteroatoms. The Morgan fingerprint density at radius 2 is 0.720 bits per heavy atom. The van der Waals surface area contributed by atoms with Gasteiger partial charge < -0.3 is 89.9 Å². The van der Waals surface area contributed by atoms with Crippen LogP contribution in [0.25, 0.3) is 0 Å².